The van der Waals surface area contributed by atoms with E-state index in [1.165, 1.54) is 12.1 Å². The van der Waals surface area contributed by atoms with E-state index in [1.807, 2.05) is 13.8 Å². The number of benzene rings is 1. The molecule has 0 radical (unpaired) electrons. The molecule has 6 heteroatoms. The quantitative estimate of drug-likeness (QED) is 0.631. The zero-order valence-electron chi connectivity index (χ0n) is 15.2. The van der Waals surface area contributed by atoms with Gasteiger partial charge in [-0.1, -0.05) is 12.1 Å². The van der Waals surface area contributed by atoms with Crippen LogP contribution < -0.4 is 5.32 Å². The van der Waals surface area contributed by atoms with E-state index in [4.69, 9.17) is 17.0 Å². The Morgan fingerprint density at radius 2 is 2.08 bits per heavy atom. The summed E-state index contributed by atoms with van der Waals surface area (Å²) in [7, 11) is 0. The van der Waals surface area contributed by atoms with E-state index in [1.54, 1.807) is 12.1 Å². The third kappa shape index (κ3) is 5.14. The van der Waals surface area contributed by atoms with Gasteiger partial charge in [-0.3, -0.25) is 4.79 Å². The molecule has 2 atom stereocenters. The summed E-state index contributed by atoms with van der Waals surface area (Å²) < 4.78 is 18.2. The molecule has 0 spiro atoms. The van der Waals surface area contributed by atoms with Crippen molar-refractivity contribution >= 4 is 23.3 Å². The van der Waals surface area contributed by atoms with Crippen LogP contribution in [-0.2, 0) is 9.53 Å². The van der Waals surface area contributed by atoms with Crippen LogP contribution in [0.4, 0.5) is 4.39 Å². The number of hydrogen-bond donors (Lipinski definition) is 1. The van der Waals surface area contributed by atoms with Crippen LogP contribution in [0.3, 0.4) is 0 Å². The number of rotatable bonds is 5. The fourth-order valence-corrected chi connectivity index (χ4v) is 3.82. The Kier molecular flexibility index (Phi) is 6.76. The minimum Gasteiger partial charge on any atom is -0.466 e. The number of nitrogens with one attached hydrogen (secondary N) is 1. The fourth-order valence-electron chi connectivity index (χ4n) is 3.33. The molecule has 0 bridgehead atoms. The summed E-state index contributed by atoms with van der Waals surface area (Å²) in [5, 5.41) is 3.96. The molecular weight excluding hydrogens is 339 g/mol. The summed E-state index contributed by atoms with van der Waals surface area (Å²) in [5.74, 6) is -0.442. The van der Waals surface area contributed by atoms with Gasteiger partial charge in [-0.05, 0) is 69.9 Å². The monoisotopic (exact) mass is 366 g/mol. The number of carbonyl (C=O) groups is 1. The van der Waals surface area contributed by atoms with E-state index in [2.05, 4.69) is 17.1 Å². The topological polar surface area (TPSA) is 41.6 Å². The third-order valence-electron chi connectivity index (χ3n) is 4.78. The molecule has 25 heavy (non-hydrogen) atoms. The van der Waals surface area contributed by atoms with E-state index in [0.717, 1.165) is 31.4 Å². The normalized spacial score (nSPS) is 21.5. The number of halogens is 1. The number of likely N-dealkylation sites (tertiary alicyclic amines) is 1. The SMILES string of the molecule is CCOC(=O)CC1(C)CCCCN1C(=S)NC(C)c1ccc(F)cc1. The Balaban J connectivity index is 2.06. The van der Waals surface area contributed by atoms with Gasteiger partial charge in [0.1, 0.15) is 5.82 Å². The average Bonchev–Trinajstić information content (AvgIpc) is 2.55. The lowest BCUT2D eigenvalue weighted by Gasteiger charge is -2.46. The summed E-state index contributed by atoms with van der Waals surface area (Å²) in [6.45, 7) is 7.08. The van der Waals surface area contributed by atoms with Gasteiger partial charge in [-0.2, -0.15) is 0 Å². The van der Waals surface area contributed by atoms with Gasteiger partial charge in [0.05, 0.1) is 19.1 Å². The van der Waals surface area contributed by atoms with Gasteiger partial charge in [-0.25, -0.2) is 4.39 Å². The standard InChI is InChI=1S/C19H27FN2O2S/c1-4-24-17(23)13-19(3)11-5-6-12-22(19)18(25)21-14(2)15-7-9-16(20)10-8-15/h7-10,14H,4-6,11-13H2,1-3H3,(H,21,25). The zero-order chi connectivity index (χ0) is 18.4. The lowest BCUT2D eigenvalue weighted by molar-refractivity contribution is -0.146. The van der Waals surface area contributed by atoms with Gasteiger partial charge in [-0.15, -0.1) is 0 Å². The number of thiocarbonyl (C=S) groups is 1. The van der Waals surface area contributed by atoms with Crippen LogP contribution in [0.25, 0.3) is 0 Å². The smallest absolute Gasteiger partial charge is 0.308 e. The van der Waals surface area contributed by atoms with Crippen molar-refractivity contribution in [2.75, 3.05) is 13.2 Å². The highest BCUT2D eigenvalue weighted by Gasteiger charge is 2.38. The van der Waals surface area contributed by atoms with Gasteiger partial charge in [0, 0.05) is 12.1 Å². The predicted molar refractivity (Wildman–Crippen MR) is 101 cm³/mol. The second-order valence-corrected chi connectivity index (χ2v) is 7.20. The Morgan fingerprint density at radius 3 is 2.72 bits per heavy atom. The minimum absolute atomic E-state index is 0.0399. The van der Waals surface area contributed by atoms with Crippen LogP contribution >= 0.6 is 12.2 Å². The van der Waals surface area contributed by atoms with Crippen molar-refractivity contribution in [2.45, 2.75) is 58.0 Å². The van der Waals surface area contributed by atoms with Crippen molar-refractivity contribution in [1.82, 2.24) is 10.2 Å². The molecule has 1 fully saturated rings. The highest BCUT2D eigenvalue weighted by atomic mass is 32.1. The van der Waals surface area contributed by atoms with Crippen molar-refractivity contribution < 1.29 is 13.9 Å². The van der Waals surface area contributed by atoms with Crippen molar-refractivity contribution in [2.24, 2.45) is 0 Å². The van der Waals surface area contributed by atoms with E-state index < -0.39 is 0 Å². The molecule has 2 rings (SSSR count). The molecule has 1 aromatic rings. The first-order valence-corrected chi connectivity index (χ1v) is 9.26. The highest BCUT2D eigenvalue weighted by Crippen LogP contribution is 2.32. The Labute approximate surface area is 154 Å². The molecule has 1 aliphatic heterocycles. The summed E-state index contributed by atoms with van der Waals surface area (Å²) in [5.41, 5.74) is 0.629. The van der Waals surface area contributed by atoms with Crippen LogP contribution in [0.1, 0.15) is 58.1 Å². The summed E-state index contributed by atoms with van der Waals surface area (Å²) >= 11 is 5.63. The van der Waals surface area contributed by atoms with E-state index in [0.29, 0.717) is 18.1 Å². The largest absolute Gasteiger partial charge is 0.466 e. The molecule has 0 aromatic heterocycles. The van der Waals surface area contributed by atoms with Crippen LogP contribution in [-0.4, -0.2) is 34.7 Å². The molecule has 1 aromatic carbocycles. The van der Waals surface area contributed by atoms with Gasteiger partial charge >= 0.3 is 5.97 Å². The molecule has 1 N–H and O–H groups in total. The van der Waals surface area contributed by atoms with Crippen LogP contribution in [0.5, 0.6) is 0 Å². The lowest BCUT2D eigenvalue weighted by atomic mass is 9.85. The minimum atomic E-state index is -0.336. The number of ether oxygens (including phenoxy) is 1. The van der Waals surface area contributed by atoms with Crippen LogP contribution in [0.2, 0.25) is 0 Å². The maximum Gasteiger partial charge on any atom is 0.308 e. The lowest BCUT2D eigenvalue weighted by Crippen LogP contribution is -2.57. The average molecular weight is 367 g/mol. The third-order valence-corrected chi connectivity index (χ3v) is 5.12. The van der Waals surface area contributed by atoms with E-state index in [-0.39, 0.29) is 23.4 Å². The summed E-state index contributed by atoms with van der Waals surface area (Å²) in [4.78, 5) is 14.1. The molecule has 0 saturated carbocycles. The van der Waals surface area contributed by atoms with E-state index >= 15 is 0 Å². The molecule has 1 saturated heterocycles. The number of carbonyl (C=O) groups excluding carboxylic acids is 1. The molecule has 1 heterocycles. The summed E-state index contributed by atoms with van der Waals surface area (Å²) in [6.07, 6.45) is 3.35. The predicted octanol–water partition coefficient (Wildman–Crippen LogP) is 3.96. The maximum absolute atomic E-state index is 13.1. The Morgan fingerprint density at radius 1 is 1.40 bits per heavy atom. The van der Waals surface area contributed by atoms with Crippen molar-refractivity contribution in [1.29, 1.82) is 0 Å². The molecule has 1 aliphatic rings. The van der Waals surface area contributed by atoms with Crippen LogP contribution in [0, 0.1) is 5.82 Å². The molecule has 2 unspecified atom stereocenters. The number of piperidine rings is 1. The first-order chi connectivity index (χ1) is 11.9. The number of esters is 1. The Hall–Kier alpha value is -1.69. The van der Waals surface area contributed by atoms with E-state index in [9.17, 15) is 9.18 Å². The summed E-state index contributed by atoms with van der Waals surface area (Å²) in [6, 6.07) is 6.36. The fraction of sp³-hybridized carbons (Fsp3) is 0.579. The van der Waals surface area contributed by atoms with Crippen molar-refractivity contribution in [3.8, 4) is 0 Å². The number of hydrogen-bond acceptors (Lipinski definition) is 3. The van der Waals surface area contributed by atoms with Crippen LogP contribution in [0.15, 0.2) is 24.3 Å². The second kappa shape index (κ2) is 8.61. The molecular formula is C19H27FN2O2S. The first-order valence-electron chi connectivity index (χ1n) is 8.85. The van der Waals surface area contributed by atoms with Gasteiger partial charge in [0.2, 0.25) is 0 Å². The molecule has 0 aliphatic carbocycles. The van der Waals surface area contributed by atoms with Crippen molar-refractivity contribution in [3.05, 3.63) is 35.6 Å². The van der Waals surface area contributed by atoms with Gasteiger partial charge in [0.15, 0.2) is 5.11 Å². The molecule has 4 nitrogen and oxygen atoms in total. The second-order valence-electron chi connectivity index (χ2n) is 6.81. The van der Waals surface area contributed by atoms with Crippen molar-refractivity contribution in [3.63, 3.8) is 0 Å². The molecule has 138 valence electrons. The highest BCUT2D eigenvalue weighted by molar-refractivity contribution is 7.80. The molecule has 0 amide bonds. The first kappa shape index (κ1) is 19.6. The zero-order valence-corrected chi connectivity index (χ0v) is 16.0. The Bertz CT molecular complexity index is 608. The maximum atomic E-state index is 13.1. The number of nitrogens with zero attached hydrogens (tertiary/aromatic N) is 1. The van der Waals surface area contributed by atoms with Gasteiger partial charge in [0.25, 0.3) is 0 Å². The van der Waals surface area contributed by atoms with Gasteiger partial charge < -0.3 is 15.0 Å².